The van der Waals surface area contributed by atoms with Crippen LogP contribution in [0.15, 0.2) is 0 Å². The summed E-state index contributed by atoms with van der Waals surface area (Å²) in [7, 11) is -1.21. The molecule has 0 aliphatic rings. The molecule has 0 aromatic carbocycles. The van der Waals surface area contributed by atoms with Gasteiger partial charge in [-0.25, -0.2) is 4.57 Å². The third-order valence-corrected chi connectivity index (χ3v) is 3.89. The molecule has 0 bridgehead atoms. The Morgan fingerprint density at radius 2 is 1.79 bits per heavy atom. The van der Waals surface area contributed by atoms with Crippen LogP contribution in [0.5, 0.6) is 0 Å². The minimum atomic E-state index is -4.47. The van der Waals surface area contributed by atoms with Gasteiger partial charge >= 0.3 is 25.9 Å². The molecule has 0 saturated carbocycles. The fourth-order valence-electron chi connectivity index (χ4n) is 1.65. The molecule has 166 valence electrons. The molecule has 2 unspecified atom stereocenters. The predicted molar refractivity (Wildman–Crippen MR) is 91.1 cm³/mol. The van der Waals surface area contributed by atoms with E-state index >= 15 is 0 Å². The fraction of sp³-hybridized carbons (Fsp3) is 0.867. The first kappa shape index (κ1) is 26.8. The average Bonchev–Trinajstić information content (AvgIpc) is 2.56. The molecular formula is C15H27F3NO8P. The number of hydrogen-bond donors (Lipinski definition) is 1. The molecule has 0 saturated heterocycles. The van der Waals surface area contributed by atoms with E-state index in [1.54, 1.807) is 21.0 Å². The summed E-state index contributed by atoms with van der Waals surface area (Å²) < 4.78 is 67.1. The summed E-state index contributed by atoms with van der Waals surface area (Å²) in [6.45, 7) is 0.687. The third kappa shape index (κ3) is 15.8. The monoisotopic (exact) mass is 437 g/mol. The molecular weight excluding hydrogens is 410 g/mol. The molecule has 0 aliphatic heterocycles. The highest BCUT2D eigenvalue weighted by molar-refractivity contribution is 7.47. The number of carbonyl (C=O) groups excluding carboxylic acids is 2. The SMILES string of the molecule is CCCC(=O)OC(CCOC(=O)CCC(F)(F)F)COP(=O)(O)OCN(C)C. The number of hydrogen-bond acceptors (Lipinski definition) is 8. The molecule has 9 nitrogen and oxygen atoms in total. The Morgan fingerprint density at radius 1 is 1.14 bits per heavy atom. The van der Waals surface area contributed by atoms with Gasteiger partial charge in [0.25, 0.3) is 0 Å². The third-order valence-electron chi connectivity index (χ3n) is 2.97. The maximum Gasteiger partial charge on any atom is 0.473 e. The molecule has 13 heteroatoms. The summed E-state index contributed by atoms with van der Waals surface area (Å²) in [5, 5.41) is 0. The zero-order valence-corrected chi connectivity index (χ0v) is 17.0. The van der Waals surface area contributed by atoms with Gasteiger partial charge in [-0.15, -0.1) is 0 Å². The lowest BCUT2D eigenvalue weighted by Gasteiger charge is -2.20. The first-order valence-electron chi connectivity index (χ1n) is 8.53. The first-order valence-corrected chi connectivity index (χ1v) is 10.0. The van der Waals surface area contributed by atoms with Gasteiger partial charge in [-0.05, 0) is 20.5 Å². The number of esters is 2. The van der Waals surface area contributed by atoms with E-state index < -0.39 is 51.5 Å². The summed E-state index contributed by atoms with van der Waals surface area (Å²) >= 11 is 0. The Hall–Kier alpha value is -1.20. The van der Waals surface area contributed by atoms with E-state index in [0.29, 0.717) is 6.42 Å². The maximum atomic E-state index is 12.1. The first-order chi connectivity index (χ1) is 12.8. The number of ether oxygens (including phenoxy) is 2. The second-order valence-corrected chi connectivity index (χ2v) is 7.54. The quantitative estimate of drug-likeness (QED) is 0.249. The van der Waals surface area contributed by atoms with E-state index in [0.717, 1.165) is 0 Å². The maximum absolute atomic E-state index is 12.1. The van der Waals surface area contributed by atoms with Crippen molar-refractivity contribution in [3.8, 4) is 0 Å². The lowest BCUT2D eigenvalue weighted by Crippen LogP contribution is -2.26. The summed E-state index contributed by atoms with van der Waals surface area (Å²) in [5.41, 5.74) is 0. The van der Waals surface area contributed by atoms with Crippen LogP contribution in [0.3, 0.4) is 0 Å². The number of nitrogens with zero attached hydrogens (tertiary/aromatic N) is 1. The van der Waals surface area contributed by atoms with Gasteiger partial charge in [0.15, 0.2) is 0 Å². The molecule has 0 aliphatic carbocycles. The molecule has 0 heterocycles. The Balaban J connectivity index is 4.53. The summed E-state index contributed by atoms with van der Waals surface area (Å²) in [6, 6.07) is 0. The van der Waals surface area contributed by atoms with E-state index in [1.165, 1.54) is 4.90 Å². The zero-order chi connectivity index (χ0) is 21.8. The van der Waals surface area contributed by atoms with Gasteiger partial charge in [0.1, 0.15) is 12.8 Å². The van der Waals surface area contributed by atoms with Gasteiger partial charge in [-0.3, -0.25) is 23.5 Å². The molecule has 1 N–H and O–H groups in total. The van der Waals surface area contributed by atoms with Gasteiger partial charge in [0.2, 0.25) is 0 Å². The highest BCUT2D eigenvalue weighted by Gasteiger charge is 2.29. The van der Waals surface area contributed by atoms with E-state index in [1.807, 2.05) is 0 Å². The molecule has 28 heavy (non-hydrogen) atoms. The highest BCUT2D eigenvalue weighted by Crippen LogP contribution is 2.43. The lowest BCUT2D eigenvalue weighted by atomic mass is 10.2. The second kappa shape index (κ2) is 13.1. The number of alkyl halides is 3. The second-order valence-electron chi connectivity index (χ2n) is 6.09. The van der Waals surface area contributed by atoms with Gasteiger partial charge in [-0.1, -0.05) is 6.92 Å². The Morgan fingerprint density at radius 3 is 2.32 bits per heavy atom. The molecule has 0 amide bonds. The van der Waals surface area contributed by atoms with Crippen LogP contribution in [0.25, 0.3) is 0 Å². The van der Waals surface area contributed by atoms with Gasteiger partial charge in [0.05, 0.1) is 26.1 Å². The van der Waals surface area contributed by atoms with Crippen molar-refractivity contribution in [3.63, 3.8) is 0 Å². The molecule has 2 atom stereocenters. The van der Waals surface area contributed by atoms with E-state index in [2.05, 4.69) is 9.26 Å². The van der Waals surface area contributed by atoms with Crippen molar-refractivity contribution in [2.45, 2.75) is 51.3 Å². The minimum Gasteiger partial charge on any atom is -0.466 e. The summed E-state index contributed by atoms with van der Waals surface area (Å²) in [4.78, 5) is 34.0. The fourth-order valence-corrected chi connectivity index (χ4v) is 2.45. The zero-order valence-electron chi connectivity index (χ0n) is 16.1. The van der Waals surface area contributed by atoms with Crippen LogP contribution < -0.4 is 0 Å². The van der Waals surface area contributed by atoms with Crippen LogP contribution in [-0.2, 0) is 32.7 Å². The van der Waals surface area contributed by atoms with Crippen LogP contribution in [0.1, 0.15) is 39.0 Å². The lowest BCUT2D eigenvalue weighted by molar-refractivity contribution is -0.159. The number of halogens is 3. The Kier molecular flexibility index (Phi) is 12.5. The molecule has 0 spiro atoms. The molecule has 0 fully saturated rings. The number of carbonyl (C=O) groups is 2. The van der Waals surface area contributed by atoms with Crippen molar-refractivity contribution in [3.05, 3.63) is 0 Å². The van der Waals surface area contributed by atoms with Crippen LogP contribution in [0, 0.1) is 0 Å². The van der Waals surface area contributed by atoms with Crippen molar-refractivity contribution in [2.75, 3.05) is 34.0 Å². The topological polar surface area (TPSA) is 112 Å². The van der Waals surface area contributed by atoms with Crippen molar-refractivity contribution in [1.82, 2.24) is 4.90 Å². The smallest absolute Gasteiger partial charge is 0.466 e. The summed E-state index contributed by atoms with van der Waals surface area (Å²) in [6.07, 6.45) is -7.18. The average molecular weight is 437 g/mol. The van der Waals surface area contributed by atoms with E-state index in [4.69, 9.17) is 9.26 Å². The molecule has 0 aromatic heterocycles. The number of phosphoric acid groups is 1. The van der Waals surface area contributed by atoms with Crippen molar-refractivity contribution in [2.24, 2.45) is 0 Å². The van der Waals surface area contributed by atoms with Gasteiger partial charge < -0.3 is 14.4 Å². The number of rotatable bonds is 14. The van der Waals surface area contributed by atoms with Crippen LogP contribution >= 0.6 is 7.82 Å². The van der Waals surface area contributed by atoms with E-state index in [9.17, 15) is 32.2 Å². The Labute approximate surface area is 161 Å². The predicted octanol–water partition coefficient (Wildman–Crippen LogP) is 2.63. The standard InChI is InChI=1S/C15H27F3NO8P/c1-4-5-14(21)27-12(10-25-28(22,23)26-11-19(2)3)7-9-24-13(20)6-8-15(16,17)18/h12H,4-11H2,1-3H3,(H,22,23). The minimum absolute atomic E-state index is 0.0930. The van der Waals surface area contributed by atoms with Crippen molar-refractivity contribution in [1.29, 1.82) is 0 Å². The summed E-state index contributed by atoms with van der Waals surface area (Å²) in [5.74, 6) is -1.65. The van der Waals surface area contributed by atoms with Crippen molar-refractivity contribution >= 4 is 19.8 Å². The molecule has 0 aromatic rings. The van der Waals surface area contributed by atoms with Gasteiger partial charge in [-0.2, -0.15) is 13.2 Å². The molecule has 0 rings (SSSR count). The largest absolute Gasteiger partial charge is 0.473 e. The van der Waals surface area contributed by atoms with E-state index in [-0.39, 0.29) is 26.2 Å². The van der Waals surface area contributed by atoms with Crippen LogP contribution in [-0.4, -0.2) is 68.1 Å². The van der Waals surface area contributed by atoms with Gasteiger partial charge in [0, 0.05) is 12.8 Å². The highest BCUT2D eigenvalue weighted by atomic mass is 31.2. The van der Waals surface area contributed by atoms with Crippen molar-refractivity contribution < 1.29 is 50.7 Å². The normalized spacial score (nSPS) is 15.1. The number of phosphoric ester groups is 1. The van der Waals surface area contributed by atoms with Crippen LogP contribution in [0.4, 0.5) is 13.2 Å². The molecule has 0 radical (unpaired) electrons. The Bertz CT molecular complexity index is 530. The van der Waals surface area contributed by atoms with Crippen LogP contribution in [0.2, 0.25) is 0 Å².